The summed E-state index contributed by atoms with van der Waals surface area (Å²) in [5.74, 6) is 5.61. The van der Waals surface area contributed by atoms with E-state index in [-0.39, 0.29) is 5.75 Å². The first-order valence-corrected chi connectivity index (χ1v) is 3.25. The zero-order chi connectivity index (χ0) is 8.10. The molecule has 1 N–H and O–H groups in total. The summed E-state index contributed by atoms with van der Waals surface area (Å²) >= 11 is 0. The summed E-state index contributed by atoms with van der Waals surface area (Å²) < 4.78 is 0. The topological polar surface area (TPSA) is 20.2 Å². The van der Waals surface area contributed by atoms with Crippen molar-refractivity contribution in [2.24, 2.45) is 0 Å². The lowest BCUT2D eigenvalue weighted by atomic mass is 10.2. The van der Waals surface area contributed by atoms with Crippen molar-refractivity contribution in [1.29, 1.82) is 0 Å². The number of phenols is 1. The predicted octanol–water partition coefficient (Wildman–Crippen LogP) is 1.93. The lowest BCUT2D eigenvalue weighted by Crippen LogP contribution is -1.73. The van der Waals surface area contributed by atoms with E-state index in [1.807, 2.05) is 6.07 Å². The lowest BCUT2D eigenvalue weighted by Gasteiger charge is -1.92. The van der Waals surface area contributed by atoms with Gasteiger partial charge in [0.1, 0.15) is 5.75 Å². The molecule has 54 valence electrons. The normalized spacial score (nSPS) is 8.00. The number of allylic oxidation sites excluding steroid dienone is 1. The molecule has 0 aliphatic rings. The van der Waals surface area contributed by atoms with Gasteiger partial charge >= 0.3 is 0 Å². The van der Waals surface area contributed by atoms with Gasteiger partial charge in [-0.1, -0.05) is 30.6 Å². The van der Waals surface area contributed by atoms with Gasteiger partial charge in [0.05, 0.1) is 5.56 Å². The summed E-state index contributed by atoms with van der Waals surface area (Å²) in [6.45, 7) is 3.45. The molecule has 0 unspecified atom stereocenters. The molecule has 0 fully saturated rings. The molecule has 0 bridgehead atoms. The van der Waals surface area contributed by atoms with Crippen molar-refractivity contribution >= 4 is 0 Å². The summed E-state index contributed by atoms with van der Waals surface area (Å²) in [4.78, 5) is 0. The van der Waals surface area contributed by atoms with E-state index in [2.05, 4.69) is 18.4 Å². The van der Waals surface area contributed by atoms with Crippen LogP contribution in [0.5, 0.6) is 5.75 Å². The SMILES string of the molecule is C=CC#Cc1ccccc1O. The molecular formula is C10H8O. The molecule has 0 saturated heterocycles. The first kappa shape index (κ1) is 7.43. The first-order chi connectivity index (χ1) is 5.34. The van der Waals surface area contributed by atoms with E-state index in [1.165, 1.54) is 6.08 Å². The van der Waals surface area contributed by atoms with Gasteiger partial charge in [0, 0.05) is 0 Å². The van der Waals surface area contributed by atoms with Crippen LogP contribution in [-0.4, -0.2) is 5.11 Å². The quantitative estimate of drug-likeness (QED) is 0.551. The van der Waals surface area contributed by atoms with Gasteiger partial charge < -0.3 is 5.11 Å². The maximum Gasteiger partial charge on any atom is 0.131 e. The molecule has 1 rings (SSSR count). The van der Waals surface area contributed by atoms with Crippen molar-refractivity contribution in [3.63, 3.8) is 0 Å². The lowest BCUT2D eigenvalue weighted by molar-refractivity contribution is 0.473. The fourth-order valence-corrected chi connectivity index (χ4v) is 0.708. The van der Waals surface area contributed by atoms with Crippen LogP contribution >= 0.6 is 0 Å². The second-order valence-electron chi connectivity index (χ2n) is 1.99. The third-order valence-corrected chi connectivity index (χ3v) is 1.21. The molecule has 0 aliphatic heterocycles. The number of benzene rings is 1. The van der Waals surface area contributed by atoms with Crippen LogP contribution in [0.3, 0.4) is 0 Å². The second-order valence-corrected chi connectivity index (χ2v) is 1.99. The highest BCUT2D eigenvalue weighted by molar-refractivity contribution is 5.45. The van der Waals surface area contributed by atoms with E-state index in [9.17, 15) is 5.11 Å². The highest BCUT2D eigenvalue weighted by Crippen LogP contribution is 2.13. The number of hydrogen-bond donors (Lipinski definition) is 1. The van der Waals surface area contributed by atoms with Crippen LogP contribution in [0, 0.1) is 11.8 Å². The Balaban J connectivity index is 3.03. The number of para-hydroxylation sites is 1. The summed E-state index contributed by atoms with van der Waals surface area (Å²) in [5, 5.41) is 9.20. The van der Waals surface area contributed by atoms with Crippen LogP contribution < -0.4 is 0 Å². The third-order valence-electron chi connectivity index (χ3n) is 1.21. The minimum atomic E-state index is 0.210. The Morgan fingerprint density at radius 2 is 2.09 bits per heavy atom. The van der Waals surface area contributed by atoms with Crippen molar-refractivity contribution < 1.29 is 5.11 Å². The summed E-state index contributed by atoms with van der Waals surface area (Å²) in [6, 6.07) is 6.94. The Hall–Kier alpha value is -1.68. The zero-order valence-electron chi connectivity index (χ0n) is 6.04. The van der Waals surface area contributed by atoms with Gasteiger partial charge in [-0.15, -0.1) is 0 Å². The Kier molecular flexibility index (Phi) is 2.35. The van der Waals surface area contributed by atoms with E-state index in [0.717, 1.165) is 0 Å². The van der Waals surface area contributed by atoms with Crippen LogP contribution in [0.2, 0.25) is 0 Å². The monoisotopic (exact) mass is 144 g/mol. The third kappa shape index (κ3) is 1.87. The van der Waals surface area contributed by atoms with Crippen molar-refractivity contribution in [2.45, 2.75) is 0 Å². The molecule has 1 aromatic carbocycles. The van der Waals surface area contributed by atoms with Gasteiger partial charge in [-0.3, -0.25) is 0 Å². The smallest absolute Gasteiger partial charge is 0.131 e. The van der Waals surface area contributed by atoms with Crippen LogP contribution in [0.25, 0.3) is 0 Å². The average molecular weight is 144 g/mol. The first-order valence-electron chi connectivity index (χ1n) is 3.25. The van der Waals surface area contributed by atoms with E-state index in [4.69, 9.17) is 0 Å². The zero-order valence-corrected chi connectivity index (χ0v) is 6.04. The molecule has 1 nitrogen and oxygen atoms in total. The molecular weight excluding hydrogens is 136 g/mol. The minimum absolute atomic E-state index is 0.210. The Labute approximate surface area is 66.0 Å². The molecule has 11 heavy (non-hydrogen) atoms. The summed E-state index contributed by atoms with van der Waals surface area (Å²) in [5.41, 5.74) is 0.632. The van der Waals surface area contributed by atoms with Crippen molar-refractivity contribution in [3.05, 3.63) is 42.5 Å². The number of hydrogen-bond acceptors (Lipinski definition) is 1. The molecule has 1 heteroatoms. The maximum absolute atomic E-state index is 9.20. The Morgan fingerprint density at radius 1 is 1.36 bits per heavy atom. The van der Waals surface area contributed by atoms with Gasteiger partial charge in [0.25, 0.3) is 0 Å². The van der Waals surface area contributed by atoms with E-state index >= 15 is 0 Å². The minimum Gasteiger partial charge on any atom is -0.507 e. The molecule has 0 aromatic heterocycles. The number of rotatable bonds is 0. The molecule has 0 amide bonds. The fraction of sp³-hybridized carbons (Fsp3) is 0. The molecule has 0 aliphatic carbocycles. The van der Waals surface area contributed by atoms with Crippen molar-refractivity contribution in [2.75, 3.05) is 0 Å². The van der Waals surface area contributed by atoms with Crippen LogP contribution in [0.1, 0.15) is 5.56 Å². The predicted molar refractivity (Wildman–Crippen MR) is 45.2 cm³/mol. The van der Waals surface area contributed by atoms with Gasteiger partial charge in [-0.25, -0.2) is 0 Å². The van der Waals surface area contributed by atoms with E-state index < -0.39 is 0 Å². The average Bonchev–Trinajstić information content (AvgIpc) is 2.03. The number of aromatic hydroxyl groups is 1. The van der Waals surface area contributed by atoms with Gasteiger partial charge in [0.2, 0.25) is 0 Å². The largest absolute Gasteiger partial charge is 0.507 e. The highest BCUT2D eigenvalue weighted by atomic mass is 16.3. The van der Waals surface area contributed by atoms with Crippen molar-refractivity contribution in [3.8, 4) is 17.6 Å². The van der Waals surface area contributed by atoms with Crippen molar-refractivity contribution in [1.82, 2.24) is 0 Å². The van der Waals surface area contributed by atoms with Gasteiger partial charge in [-0.2, -0.15) is 0 Å². The van der Waals surface area contributed by atoms with Crippen LogP contribution in [0.4, 0.5) is 0 Å². The van der Waals surface area contributed by atoms with E-state index in [0.29, 0.717) is 5.56 Å². The molecule has 1 aromatic rings. The fourth-order valence-electron chi connectivity index (χ4n) is 0.708. The van der Waals surface area contributed by atoms with Crippen LogP contribution in [-0.2, 0) is 0 Å². The number of phenolic OH excluding ortho intramolecular Hbond substituents is 1. The van der Waals surface area contributed by atoms with Gasteiger partial charge in [0.15, 0.2) is 0 Å². The maximum atomic E-state index is 9.20. The summed E-state index contributed by atoms with van der Waals surface area (Å²) in [6.07, 6.45) is 1.49. The van der Waals surface area contributed by atoms with Gasteiger partial charge in [-0.05, 0) is 18.2 Å². The molecule has 0 atom stereocenters. The van der Waals surface area contributed by atoms with E-state index in [1.54, 1.807) is 18.2 Å². The standard InChI is InChI=1S/C10H8O/c1-2-3-6-9-7-4-5-8-10(9)11/h2,4-5,7-8,11H,1H2. The molecule has 0 radical (unpaired) electrons. The second kappa shape index (κ2) is 3.48. The Bertz CT molecular complexity index is 315. The highest BCUT2D eigenvalue weighted by Gasteiger charge is 1.91. The Morgan fingerprint density at radius 3 is 2.73 bits per heavy atom. The van der Waals surface area contributed by atoms with Crippen LogP contribution in [0.15, 0.2) is 36.9 Å². The summed E-state index contributed by atoms with van der Waals surface area (Å²) in [7, 11) is 0. The molecule has 0 spiro atoms. The molecule has 0 heterocycles. The molecule has 0 saturated carbocycles.